The molecule has 0 bridgehead atoms. The molecule has 0 fully saturated rings. The van der Waals surface area contributed by atoms with E-state index in [1.54, 1.807) is 31.2 Å². The van der Waals surface area contributed by atoms with Gasteiger partial charge < -0.3 is 9.84 Å². The van der Waals surface area contributed by atoms with Crippen molar-refractivity contribution in [1.29, 1.82) is 0 Å². The summed E-state index contributed by atoms with van der Waals surface area (Å²) in [4.78, 5) is 11.1. The number of hydrogen-bond donors (Lipinski definition) is 1. The first-order chi connectivity index (χ1) is 9.88. The Morgan fingerprint density at radius 3 is 2.62 bits per heavy atom. The van der Waals surface area contributed by atoms with Crippen molar-refractivity contribution >= 4 is 15.8 Å². The molecular formula is C15H12O5S. The van der Waals surface area contributed by atoms with Crippen LogP contribution in [0.15, 0.2) is 41.3 Å². The van der Waals surface area contributed by atoms with Gasteiger partial charge in [-0.3, -0.25) is 0 Å². The molecule has 1 heterocycles. The average molecular weight is 304 g/mol. The normalized spacial score (nSPS) is 15.3. The number of para-hydroxylation sites is 1. The van der Waals surface area contributed by atoms with Crippen LogP contribution >= 0.6 is 0 Å². The maximum absolute atomic E-state index is 12.5. The molecule has 1 aliphatic rings. The van der Waals surface area contributed by atoms with Gasteiger partial charge >= 0.3 is 5.97 Å². The highest BCUT2D eigenvalue weighted by atomic mass is 32.2. The minimum atomic E-state index is -3.65. The third-order valence-corrected chi connectivity index (χ3v) is 5.07. The van der Waals surface area contributed by atoms with E-state index in [1.807, 2.05) is 0 Å². The van der Waals surface area contributed by atoms with Crippen LogP contribution in [0.2, 0.25) is 0 Å². The predicted octanol–water partition coefficient (Wildman–Crippen LogP) is 2.77. The van der Waals surface area contributed by atoms with Gasteiger partial charge in [-0.05, 0) is 30.7 Å². The Balaban J connectivity index is 2.28. The molecule has 0 amide bonds. The second kappa shape index (κ2) is 4.60. The molecule has 0 saturated heterocycles. The average Bonchev–Trinajstić information content (AvgIpc) is 2.50. The van der Waals surface area contributed by atoms with E-state index in [1.165, 1.54) is 12.1 Å². The van der Waals surface area contributed by atoms with Gasteiger partial charge in [0.25, 0.3) is 0 Å². The van der Waals surface area contributed by atoms with E-state index < -0.39 is 15.8 Å². The highest BCUT2D eigenvalue weighted by molar-refractivity contribution is 7.90. The van der Waals surface area contributed by atoms with Crippen molar-refractivity contribution in [3.05, 3.63) is 53.1 Å². The lowest BCUT2D eigenvalue weighted by molar-refractivity contribution is 0.0696. The van der Waals surface area contributed by atoms with E-state index in [9.17, 15) is 13.2 Å². The number of hydrogen-bond acceptors (Lipinski definition) is 4. The second-order valence-corrected chi connectivity index (χ2v) is 6.85. The molecule has 0 atom stereocenters. The lowest BCUT2D eigenvalue weighted by atomic mass is 10.1. The Hall–Kier alpha value is -2.34. The van der Waals surface area contributed by atoms with Gasteiger partial charge in [0, 0.05) is 5.56 Å². The van der Waals surface area contributed by atoms with Crippen LogP contribution in [0.25, 0.3) is 0 Å². The van der Waals surface area contributed by atoms with Gasteiger partial charge in [-0.25, -0.2) is 13.2 Å². The Morgan fingerprint density at radius 1 is 1.19 bits per heavy atom. The smallest absolute Gasteiger partial charge is 0.335 e. The molecule has 3 rings (SSSR count). The largest absolute Gasteiger partial charge is 0.478 e. The van der Waals surface area contributed by atoms with E-state index in [2.05, 4.69) is 0 Å². The molecular weight excluding hydrogens is 292 g/mol. The van der Waals surface area contributed by atoms with Gasteiger partial charge in [-0.2, -0.15) is 0 Å². The fourth-order valence-electron chi connectivity index (χ4n) is 2.34. The number of sulfone groups is 1. The van der Waals surface area contributed by atoms with Crippen molar-refractivity contribution in [2.24, 2.45) is 0 Å². The Morgan fingerprint density at radius 2 is 1.90 bits per heavy atom. The zero-order valence-electron chi connectivity index (χ0n) is 11.2. The number of carboxylic acid groups (broad SMARTS) is 1. The van der Waals surface area contributed by atoms with Crippen LogP contribution in [-0.2, 0) is 15.6 Å². The number of carbonyl (C=O) groups is 1. The first kappa shape index (κ1) is 13.6. The van der Waals surface area contributed by atoms with Gasteiger partial charge in [0.05, 0.1) is 11.3 Å². The minimum absolute atomic E-state index is 0.0353. The summed E-state index contributed by atoms with van der Waals surface area (Å²) < 4.78 is 30.6. The molecule has 0 saturated carbocycles. The lowest BCUT2D eigenvalue weighted by Gasteiger charge is -2.10. The summed E-state index contributed by atoms with van der Waals surface area (Å²) >= 11 is 0. The number of carboxylic acids is 1. The summed E-state index contributed by atoms with van der Waals surface area (Å²) in [6.07, 6.45) is 0. The van der Waals surface area contributed by atoms with Crippen molar-refractivity contribution in [2.75, 3.05) is 0 Å². The molecule has 108 valence electrons. The molecule has 0 spiro atoms. The van der Waals surface area contributed by atoms with Crippen LogP contribution in [0, 0.1) is 6.92 Å². The number of benzene rings is 2. The SMILES string of the molecule is Cc1cc2c(cc1C(=O)O)S(=O)(=O)Cc1ccccc1O2. The van der Waals surface area contributed by atoms with Crippen molar-refractivity contribution in [3.63, 3.8) is 0 Å². The Kier molecular flexibility index (Phi) is 2.98. The molecule has 5 nitrogen and oxygen atoms in total. The third kappa shape index (κ3) is 2.27. The van der Waals surface area contributed by atoms with Crippen LogP contribution in [-0.4, -0.2) is 19.5 Å². The quantitative estimate of drug-likeness (QED) is 0.876. The first-order valence-electron chi connectivity index (χ1n) is 6.25. The van der Waals surface area contributed by atoms with Crippen molar-refractivity contribution in [3.8, 4) is 11.5 Å². The summed E-state index contributed by atoms with van der Waals surface area (Å²) in [6.45, 7) is 1.61. The van der Waals surface area contributed by atoms with Gasteiger partial charge in [0.15, 0.2) is 9.84 Å². The molecule has 21 heavy (non-hydrogen) atoms. The summed E-state index contributed by atoms with van der Waals surface area (Å²) in [5.74, 6) is -0.727. The van der Waals surface area contributed by atoms with Crippen LogP contribution in [0.5, 0.6) is 11.5 Å². The molecule has 0 aromatic heterocycles. The van der Waals surface area contributed by atoms with Crippen LogP contribution < -0.4 is 4.74 Å². The molecule has 1 aliphatic heterocycles. The van der Waals surface area contributed by atoms with Crippen LogP contribution in [0.1, 0.15) is 21.5 Å². The molecule has 0 unspecified atom stereocenters. The van der Waals surface area contributed by atoms with Crippen molar-refractivity contribution in [2.45, 2.75) is 17.6 Å². The summed E-state index contributed by atoms with van der Waals surface area (Å²) in [5, 5.41) is 9.15. The minimum Gasteiger partial charge on any atom is -0.478 e. The maximum atomic E-state index is 12.5. The van der Waals surface area contributed by atoms with Gasteiger partial charge in [-0.1, -0.05) is 18.2 Å². The summed E-state index contributed by atoms with van der Waals surface area (Å²) in [5.41, 5.74) is 0.978. The fraction of sp³-hybridized carbons (Fsp3) is 0.133. The standard InChI is InChI=1S/C15H12O5S/c1-9-6-13-14(7-11(9)15(16)17)21(18,19)8-10-4-2-3-5-12(10)20-13/h2-7H,8H2,1H3,(H,16,17). The summed E-state index contributed by atoms with van der Waals surface area (Å²) in [6, 6.07) is 9.51. The number of fused-ring (bicyclic) bond motifs is 2. The second-order valence-electron chi connectivity index (χ2n) is 4.89. The van der Waals surface area contributed by atoms with E-state index in [0.29, 0.717) is 16.9 Å². The zero-order valence-corrected chi connectivity index (χ0v) is 12.0. The molecule has 2 aromatic carbocycles. The molecule has 6 heteroatoms. The van der Waals surface area contributed by atoms with Crippen molar-refractivity contribution in [1.82, 2.24) is 0 Å². The predicted molar refractivity (Wildman–Crippen MR) is 75.5 cm³/mol. The van der Waals surface area contributed by atoms with Crippen molar-refractivity contribution < 1.29 is 23.1 Å². The van der Waals surface area contributed by atoms with Gasteiger partial charge in [0.1, 0.15) is 16.4 Å². The molecule has 2 aromatic rings. The molecule has 0 aliphatic carbocycles. The van der Waals surface area contributed by atoms with E-state index in [4.69, 9.17) is 9.84 Å². The number of aryl methyl sites for hydroxylation is 1. The molecule has 0 radical (unpaired) electrons. The maximum Gasteiger partial charge on any atom is 0.335 e. The van der Waals surface area contributed by atoms with Crippen LogP contribution in [0.3, 0.4) is 0 Å². The third-order valence-electron chi connectivity index (χ3n) is 3.39. The highest BCUT2D eigenvalue weighted by Crippen LogP contribution is 2.38. The molecule has 1 N–H and O–H groups in total. The van der Waals surface area contributed by atoms with E-state index in [-0.39, 0.29) is 22.0 Å². The van der Waals surface area contributed by atoms with Crippen LogP contribution in [0.4, 0.5) is 0 Å². The lowest BCUT2D eigenvalue weighted by Crippen LogP contribution is -2.07. The fourth-order valence-corrected chi connectivity index (χ4v) is 3.85. The van der Waals surface area contributed by atoms with E-state index in [0.717, 1.165) is 0 Å². The summed E-state index contributed by atoms with van der Waals surface area (Å²) in [7, 11) is -3.65. The number of aromatic carboxylic acids is 1. The zero-order chi connectivity index (χ0) is 15.2. The van der Waals surface area contributed by atoms with Gasteiger partial charge in [0.2, 0.25) is 0 Å². The van der Waals surface area contributed by atoms with E-state index >= 15 is 0 Å². The Bertz CT molecular complexity index is 852. The Labute approximate surface area is 121 Å². The monoisotopic (exact) mass is 304 g/mol. The topological polar surface area (TPSA) is 80.7 Å². The van der Waals surface area contributed by atoms with Gasteiger partial charge in [-0.15, -0.1) is 0 Å². The first-order valence-corrected chi connectivity index (χ1v) is 7.90. The number of rotatable bonds is 1. The number of ether oxygens (including phenoxy) is 1. The highest BCUT2D eigenvalue weighted by Gasteiger charge is 2.28.